The Morgan fingerprint density at radius 3 is 2.76 bits per heavy atom. The maximum absolute atomic E-state index is 12.6. The van der Waals surface area contributed by atoms with Crippen molar-refractivity contribution in [3.05, 3.63) is 59.3 Å². The van der Waals surface area contributed by atoms with Crippen LogP contribution < -0.4 is 10.2 Å². The van der Waals surface area contributed by atoms with Crippen molar-refractivity contribution < 1.29 is 4.79 Å². The van der Waals surface area contributed by atoms with Gasteiger partial charge < -0.3 is 10.2 Å². The Morgan fingerprint density at radius 1 is 1.28 bits per heavy atom. The molecular formula is C17H17ClN6O. The number of anilines is 2. The molecule has 128 valence electrons. The first kappa shape index (κ1) is 16.9. The molecule has 0 spiro atoms. The smallest absolute Gasteiger partial charge is 0.276 e. The monoisotopic (exact) mass is 356 g/mol. The van der Waals surface area contributed by atoms with Gasteiger partial charge in [0.05, 0.1) is 16.9 Å². The average molecular weight is 357 g/mol. The van der Waals surface area contributed by atoms with Gasteiger partial charge in [-0.15, -0.1) is 0 Å². The second kappa shape index (κ2) is 6.90. The molecule has 1 amide bonds. The molecule has 0 fully saturated rings. The summed E-state index contributed by atoms with van der Waals surface area (Å²) in [6, 6.07) is 7.32. The molecule has 0 atom stereocenters. The molecule has 0 radical (unpaired) electrons. The third-order valence-corrected chi connectivity index (χ3v) is 3.89. The topological polar surface area (TPSA) is 75.9 Å². The molecule has 0 bridgehead atoms. The van der Waals surface area contributed by atoms with Gasteiger partial charge in [0.15, 0.2) is 11.5 Å². The van der Waals surface area contributed by atoms with Crippen LogP contribution in [0.5, 0.6) is 0 Å². The lowest BCUT2D eigenvalue weighted by molar-refractivity contribution is 0.102. The van der Waals surface area contributed by atoms with E-state index in [1.807, 2.05) is 39.2 Å². The summed E-state index contributed by atoms with van der Waals surface area (Å²) in [6.45, 7) is 1.82. The van der Waals surface area contributed by atoms with Crippen molar-refractivity contribution in [2.75, 3.05) is 24.3 Å². The van der Waals surface area contributed by atoms with Crippen molar-refractivity contribution >= 4 is 29.0 Å². The number of aryl methyl sites for hydroxylation is 1. The van der Waals surface area contributed by atoms with Gasteiger partial charge in [-0.05, 0) is 19.1 Å². The molecule has 3 aromatic rings. The van der Waals surface area contributed by atoms with Crippen LogP contribution in [0, 0.1) is 6.92 Å². The van der Waals surface area contributed by atoms with Gasteiger partial charge in [0.2, 0.25) is 0 Å². The molecule has 0 saturated carbocycles. The van der Waals surface area contributed by atoms with Crippen LogP contribution in [0.2, 0.25) is 5.02 Å². The molecule has 1 N–H and O–H groups in total. The number of halogens is 1. The maximum atomic E-state index is 12.6. The Hall–Kier alpha value is -2.93. The lowest BCUT2D eigenvalue weighted by Crippen LogP contribution is -2.19. The van der Waals surface area contributed by atoms with Gasteiger partial charge >= 0.3 is 0 Å². The third kappa shape index (κ3) is 3.46. The molecule has 25 heavy (non-hydrogen) atoms. The first-order valence-corrected chi connectivity index (χ1v) is 7.95. The summed E-state index contributed by atoms with van der Waals surface area (Å²) >= 11 is 6.20. The van der Waals surface area contributed by atoms with E-state index in [-0.39, 0.29) is 5.91 Å². The third-order valence-electron chi connectivity index (χ3n) is 3.57. The lowest BCUT2D eigenvalue weighted by atomic mass is 10.2. The standard InChI is InChI=1S/C17H17ClN6O/c1-11-9-24(14-7-5-4-6-12(14)18)22-15(11)17(25)21-13-8-19-10-20-16(13)23(2)3/h4-10H,1-3H3,(H,21,25). The number of amides is 1. The SMILES string of the molecule is Cc1cn(-c2ccccc2Cl)nc1C(=O)Nc1cncnc1N(C)C. The van der Waals surface area contributed by atoms with Gasteiger partial charge in [0.25, 0.3) is 5.91 Å². The molecular weight excluding hydrogens is 340 g/mol. The Bertz CT molecular complexity index is 921. The zero-order valence-corrected chi connectivity index (χ0v) is 14.8. The van der Waals surface area contributed by atoms with Crippen LogP contribution in [0.15, 0.2) is 43.0 Å². The quantitative estimate of drug-likeness (QED) is 0.777. The number of nitrogens with one attached hydrogen (secondary N) is 1. The fourth-order valence-corrected chi connectivity index (χ4v) is 2.62. The van der Waals surface area contributed by atoms with Crippen molar-refractivity contribution in [2.24, 2.45) is 0 Å². The number of hydrogen-bond acceptors (Lipinski definition) is 5. The molecule has 0 aliphatic rings. The zero-order valence-electron chi connectivity index (χ0n) is 14.1. The van der Waals surface area contributed by atoms with Crippen molar-refractivity contribution in [1.82, 2.24) is 19.7 Å². The Morgan fingerprint density at radius 2 is 2.04 bits per heavy atom. The van der Waals surface area contributed by atoms with Crippen LogP contribution in [0.3, 0.4) is 0 Å². The van der Waals surface area contributed by atoms with Crippen LogP contribution in [-0.2, 0) is 0 Å². The first-order valence-electron chi connectivity index (χ1n) is 7.57. The highest BCUT2D eigenvalue weighted by atomic mass is 35.5. The molecule has 2 aromatic heterocycles. The molecule has 2 heterocycles. The Labute approximate surface area is 150 Å². The van der Waals surface area contributed by atoms with E-state index in [9.17, 15) is 4.79 Å². The highest BCUT2D eigenvalue weighted by Crippen LogP contribution is 2.23. The average Bonchev–Trinajstić information content (AvgIpc) is 2.97. The maximum Gasteiger partial charge on any atom is 0.276 e. The van der Waals surface area contributed by atoms with Gasteiger partial charge in [0.1, 0.15) is 12.0 Å². The van der Waals surface area contributed by atoms with Gasteiger partial charge in [-0.2, -0.15) is 5.10 Å². The van der Waals surface area contributed by atoms with Crippen molar-refractivity contribution in [3.63, 3.8) is 0 Å². The summed E-state index contributed by atoms with van der Waals surface area (Å²) in [4.78, 5) is 22.6. The summed E-state index contributed by atoms with van der Waals surface area (Å²) in [5, 5.41) is 7.75. The molecule has 1 aromatic carbocycles. The number of carbonyl (C=O) groups is 1. The summed E-state index contributed by atoms with van der Waals surface area (Å²) in [5.74, 6) is 0.285. The summed E-state index contributed by atoms with van der Waals surface area (Å²) < 4.78 is 1.60. The predicted molar refractivity (Wildman–Crippen MR) is 97.6 cm³/mol. The highest BCUT2D eigenvalue weighted by molar-refractivity contribution is 6.32. The molecule has 0 saturated heterocycles. The van der Waals surface area contributed by atoms with Gasteiger partial charge in [-0.1, -0.05) is 23.7 Å². The molecule has 8 heteroatoms. The van der Waals surface area contributed by atoms with Crippen molar-refractivity contribution in [1.29, 1.82) is 0 Å². The molecule has 0 unspecified atom stereocenters. The summed E-state index contributed by atoms with van der Waals surface area (Å²) in [7, 11) is 3.69. The van der Waals surface area contributed by atoms with Crippen molar-refractivity contribution in [3.8, 4) is 5.69 Å². The number of benzene rings is 1. The lowest BCUT2D eigenvalue weighted by Gasteiger charge is -2.15. The minimum Gasteiger partial charge on any atom is -0.361 e. The number of rotatable bonds is 4. The van der Waals surface area contributed by atoms with E-state index in [0.29, 0.717) is 27.9 Å². The largest absolute Gasteiger partial charge is 0.361 e. The van der Waals surface area contributed by atoms with Gasteiger partial charge in [-0.3, -0.25) is 4.79 Å². The molecule has 0 aliphatic carbocycles. The van der Waals surface area contributed by atoms with Gasteiger partial charge in [-0.25, -0.2) is 14.6 Å². The van der Waals surface area contributed by atoms with Crippen molar-refractivity contribution in [2.45, 2.75) is 6.92 Å². The normalized spacial score (nSPS) is 10.6. The van der Waals surface area contributed by atoms with Crippen LogP contribution in [0.1, 0.15) is 16.1 Å². The van der Waals surface area contributed by atoms with Crippen LogP contribution in [0.4, 0.5) is 11.5 Å². The van der Waals surface area contributed by atoms with E-state index in [2.05, 4.69) is 20.4 Å². The minimum atomic E-state index is -0.332. The van der Waals surface area contributed by atoms with E-state index in [0.717, 1.165) is 5.56 Å². The fourth-order valence-electron chi connectivity index (χ4n) is 2.39. The summed E-state index contributed by atoms with van der Waals surface area (Å²) in [6.07, 6.45) is 4.76. The zero-order chi connectivity index (χ0) is 18.0. The second-order valence-corrected chi connectivity index (χ2v) is 6.07. The van der Waals surface area contributed by atoms with E-state index in [1.54, 1.807) is 28.0 Å². The Balaban J connectivity index is 1.91. The number of hydrogen-bond donors (Lipinski definition) is 1. The number of aromatic nitrogens is 4. The predicted octanol–water partition coefficient (Wildman–Crippen LogP) is 2.94. The van der Waals surface area contributed by atoms with Crippen LogP contribution in [-0.4, -0.2) is 39.8 Å². The molecule has 3 rings (SSSR count). The van der Waals surface area contributed by atoms with E-state index in [1.165, 1.54) is 6.33 Å². The van der Waals surface area contributed by atoms with Crippen LogP contribution >= 0.6 is 11.6 Å². The fraction of sp³-hybridized carbons (Fsp3) is 0.176. The van der Waals surface area contributed by atoms with E-state index >= 15 is 0 Å². The Kier molecular flexibility index (Phi) is 4.67. The highest BCUT2D eigenvalue weighted by Gasteiger charge is 2.18. The summed E-state index contributed by atoms with van der Waals surface area (Å²) in [5.41, 5.74) is 2.28. The van der Waals surface area contributed by atoms with Crippen LogP contribution in [0.25, 0.3) is 5.69 Å². The molecule has 0 aliphatic heterocycles. The first-order chi connectivity index (χ1) is 12.0. The number of carbonyl (C=O) groups excluding carboxylic acids is 1. The second-order valence-electron chi connectivity index (χ2n) is 5.67. The van der Waals surface area contributed by atoms with E-state index in [4.69, 9.17) is 11.6 Å². The van der Waals surface area contributed by atoms with E-state index < -0.39 is 0 Å². The molecule has 7 nitrogen and oxygen atoms in total. The minimum absolute atomic E-state index is 0.313. The number of nitrogens with zero attached hydrogens (tertiary/aromatic N) is 5. The van der Waals surface area contributed by atoms with Gasteiger partial charge in [0, 0.05) is 25.9 Å². The number of para-hydroxylation sites is 1.